The first-order valence-corrected chi connectivity index (χ1v) is 8.37. The average molecular weight is 315 g/mol. The summed E-state index contributed by atoms with van der Waals surface area (Å²) in [6, 6.07) is 10.3. The number of nitrogens with zero attached hydrogens (tertiary/aromatic N) is 2. The maximum Gasteiger partial charge on any atom is 0.0761 e. The Labute approximate surface area is 133 Å². The van der Waals surface area contributed by atoms with Gasteiger partial charge in [0, 0.05) is 46.7 Å². The molecule has 4 heteroatoms. The van der Waals surface area contributed by atoms with Gasteiger partial charge in [-0.05, 0) is 35.6 Å². The van der Waals surface area contributed by atoms with Crippen molar-refractivity contribution in [2.45, 2.75) is 19.5 Å². The van der Waals surface area contributed by atoms with Gasteiger partial charge in [0.15, 0.2) is 0 Å². The second kappa shape index (κ2) is 5.41. The van der Waals surface area contributed by atoms with Crippen molar-refractivity contribution in [3.05, 3.63) is 62.9 Å². The SMILES string of the molecule is Clc1ccc2cccnc2c1CN1CCc2sccc2C1. The van der Waals surface area contributed by atoms with Gasteiger partial charge in [-0.1, -0.05) is 23.7 Å². The van der Waals surface area contributed by atoms with Crippen LogP contribution in [-0.2, 0) is 19.5 Å². The lowest BCUT2D eigenvalue weighted by Gasteiger charge is -2.27. The smallest absolute Gasteiger partial charge is 0.0761 e. The number of aromatic nitrogens is 1. The van der Waals surface area contributed by atoms with Crippen LogP contribution in [0.1, 0.15) is 16.0 Å². The Morgan fingerprint density at radius 1 is 1.24 bits per heavy atom. The van der Waals surface area contributed by atoms with E-state index in [1.165, 1.54) is 10.4 Å². The Hall–Kier alpha value is -1.42. The number of pyridine rings is 1. The highest BCUT2D eigenvalue weighted by Crippen LogP contribution is 2.29. The minimum absolute atomic E-state index is 0.817. The van der Waals surface area contributed by atoms with Crippen molar-refractivity contribution in [3.8, 4) is 0 Å². The van der Waals surface area contributed by atoms with Crippen molar-refractivity contribution in [2.75, 3.05) is 6.54 Å². The molecule has 1 aliphatic rings. The van der Waals surface area contributed by atoms with Crippen LogP contribution in [-0.4, -0.2) is 16.4 Å². The number of benzene rings is 1. The molecule has 0 fully saturated rings. The van der Waals surface area contributed by atoms with Gasteiger partial charge in [-0.2, -0.15) is 0 Å². The maximum atomic E-state index is 6.44. The first kappa shape index (κ1) is 13.3. The van der Waals surface area contributed by atoms with Gasteiger partial charge in [0.05, 0.1) is 5.52 Å². The molecule has 2 nitrogen and oxygen atoms in total. The van der Waals surface area contributed by atoms with Crippen molar-refractivity contribution in [1.29, 1.82) is 0 Å². The lowest BCUT2D eigenvalue weighted by atomic mass is 10.1. The molecule has 1 aliphatic heterocycles. The molecule has 3 heterocycles. The molecule has 21 heavy (non-hydrogen) atoms. The highest BCUT2D eigenvalue weighted by atomic mass is 35.5. The molecular weight excluding hydrogens is 300 g/mol. The molecule has 4 rings (SSSR count). The number of hydrogen-bond acceptors (Lipinski definition) is 3. The standard InChI is InChI=1S/C17H15ClN2S/c18-15-4-3-12-2-1-7-19-17(12)14(15)11-20-8-5-16-13(10-20)6-9-21-16/h1-4,6-7,9H,5,8,10-11H2. The highest BCUT2D eigenvalue weighted by Gasteiger charge is 2.19. The first-order valence-electron chi connectivity index (χ1n) is 7.11. The molecule has 106 valence electrons. The second-order valence-electron chi connectivity index (χ2n) is 5.43. The molecule has 1 aromatic carbocycles. The van der Waals surface area contributed by atoms with E-state index in [1.807, 2.05) is 35.7 Å². The van der Waals surface area contributed by atoms with Crippen LogP contribution in [0.25, 0.3) is 10.9 Å². The number of rotatable bonds is 2. The van der Waals surface area contributed by atoms with E-state index in [0.29, 0.717) is 0 Å². The van der Waals surface area contributed by atoms with Gasteiger partial charge in [0.2, 0.25) is 0 Å². The van der Waals surface area contributed by atoms with E-state index >= 15 is 0 Å². The monoisotopic (exact) mass is 314 g/mol. The van der Waals surface area contributed by atoms with Crippen molar-refractivity contribution in [1.82, 2.24) is 9.88 Å². The van der Waals surface area contributed by atoms with Crippen LogP contribution < -0.4 is 0 Å². The van der Waals surface area contributed by atoms with Gasteiger partial charge in [-0.3, -0.25) is 9.88 Å². The van der Waals surface area contributed by atoms with Crippen LogP contribution in [0, 0.1) is 0 Å². The van der Waals surface area contributed by atoms with Crippen molar-refractivity contribution in [2.24, 2.45) is 0 Å². The van der Waals surface area contributed by atoms with Gasteiger partial charge in [-0.25, -0.2) is 0 Å². The van der Waals surface area contributed by atoms with Crippen LogP contribution in [0.3, 0.4) is 0 Å². The average Bonchev–Trinajstić information content (AvgIpc) is 2.98. The lowest BCUT2D eigenvalue weighted by Crippen LogP contribution is -2.29. The number of hydrogen-bond donors (Lipinski definition) is 0. The number of thiophene rings is 1. The summed E-state index contributed by atoms with van der Waals surface area (Å²) in [6.07, 6.45) is 2.98. The van der Waals surface area contributed by atoms with Crippen LogP contribution in [0.5, 0.6) is 0 Å². The molecule has 0 amide bonds. The third-order valence-corrected chi connectivity index (χ3v) is 5.47. The Morgan fingerprint density at radius 2 is 2.19 bits per heavy atom. The molecule has 0 saturated heterocycles. The molecule has 2 aromatic heterocycles. The molecule has 0 bridgehead atoms. The van der Waals surface area contributed by atoms with E-state index in [0.717, 1.165) is 47.5 Å². The van der Waals surface area contributed by atoms with Crippen LogP contribution >= 0.6 is 22.9 Å². The van der Waals surface area contributed by atoms with E-state index in [-0.39, 0.29) is 0 Å². The number of halogens is 1. The molecular formula is C17H15ClN2S. The summed E-state index contributed by atoms with van der Waals surface area (Å²) >= 11 is 8.31. The first-order chi connectivity index (χ1) is 10.3. The molecule has 0 atom stereocenters. The largest absolute Gasteiger partial charge is 0.294 e. The van der Waals surface area contributed by atoms with E-state index in [1.54, 1.807) is 0 Å². The zero-order valence-corrected chi connectivity index (χ0v) is 13.1. The van der Waals surface area contributed by atoms with Gasteiger partial charge in [-0.15, -0.1) is 11.3 Å². The second-order valence-corrected chi connectivity index (χ2v) is 6.84. The molecule has 0 N–H and O–H groups in total. The summed E-state index contributed by atoms with van der Waals surface area (Å²) in [4.78, 5) is 8.53. The van der Waals surface area contributed by atoms with Gasteiger partial charge < -0.3 is 0 Å². The minimum atomic E-state index is 0.817. The highest BCUT2D eigenvalue weighted by molar-refractivity contribution is 7.10. The van der Waals surface area contributed by atoms with E-state index < -0.39 is 0 Å². The zero-order valence-electron chi connectivity index (χ0n) is 11.6. The van der Waals surface area contributed by atoms with Gasteiger partial charge >= 0.3 is 0 Å². The Kier molecular flexibility index (Phi) is 3.42. The normalized spacial score (nSPS) is 15.3. The summed E-state index contributed by atoms with van der Waals surface area (Å²) in [6.45, 7) is 2.97. The fourth-order valence-corrected chi connectivity index (χ4v) is 4.10. The maximum absolute atomic E-state index is 6.44. The zero-order chi connectivity index (χ0) is 14.2. The summed E-state index contributed by atoms with van der Waals surface area (Å²) < 4.78 is 0. The van der Waals surface area contributed by atoms with Gasteiger partial charge in [0.25, 0.3) is 0 Å². The number of fused-ring (bicyclic) bond motifs is 2. The fraction of sp³-hybridized carbons (Fsp3) is 0.235. The molecule has 3 aromatic rings. The fourth-order valence-electron chi connectivity index (χ4n) is 3.00. The quantitative estimate of drug-likeness (QED) is 0.692. The predicted octanol–water partition coefficient (Wildman–Crippen LogP) is 4.51. The van der Waals surface area contributed by atoms with Crippen LogP contribution in [0.4, 0.5) is 0 Å². The van der Waals surface area contributed by atoms with Crippen molar-refractivity contribution in [3.63, 3.8) is 0 Å². The Balaban J connectivity index is 1.67. The summed E-state index contributed by atoms with van der Waals surface area (Å²) in [5.41, 5.74) is 3.64. The van der Waals surface area contributed by atoms with E-state index in [9.17, 15) is 0 Å². The predicted molar refractivity (Wildman–Crippen MR) is 88.9 cm³/mol. The topological polar surface area (TPSA) is 16.1 Å². The van der Waals surface area contributed by atoms with E-state index in [2.05, 4.69) is 27.4 Å². The molecule has 0 aliphatic carbocycles. The Morgan fingerprint density at radius 3 is 3.14 bits per heavy atom. The van der Waals surface area contributed by atoms with Crippen molar-refractivity contribution >= 4 is 33.8 Å². The molecule has 0 radical (unpaired) electrons. The minimum Gasteiger partial charge on any atom is -0.294 e. The molecule has 0 saturated carbocycles. The third kappa shape index (κ3) is 2.46. The molecule has 0 unspecified atom stereocenters. The van der Waals surface area contributed by atoms with Crippen LogP contribution in [0.2, 0.25) is 5.02 Å². The Bertz CT molecular complexity index is 796. The van der Waals surface area contributed by atoms with Gasteiger partial charge in [0.1, 0.15) is 0 Å². The summed E-state index contributed by atoms with van der Waals surface area (Å²) in [7, 11) is 0. The van der Waals surface area contributed by atoms with E-state index in [4.69, 9.17) is 11.6 Å². The summed E-state index contributed by atoms with van der Waals surface area (Å²) in [5.74, 6) is 0. The summed E-state index contributed by atoms with van der Waals surface area (Å²) in [5, 5.41) is 4.17. The molecule has 0 spiro atoms. The lowest BCUT2D eigenvalue weighted by molar-refractivity contribution is 0.248. The van der Waals surface area contributed by atoms with Crippen LogP contribution in [0.15, 0.2) is 41.9 Å². The van der Waals surface area contributed by atoms with Crippen molar-refractivity contribution < 1.29 is 0 Å². The third-order valence-electron chi connectivity index (χ3n) is 4.09.